The van der Waals surface area contributed by atoms with Gasteiger partial charge in [-0.25, -0.2) is 0 Å². The van der Waals surface area contributed by atoms with Crippen LogP contribution in [0, 0.1) is 16.7 Å². The highest BCUT2D eigenvalue weighted by Crippen LogP contribution is 2.21. The molecule has 0 aromatic heterocycles. The zero-order valence-electron chi connectivity index (χ0n) is 11.7. The number of nitrogens with zero attached hydrogens (tertiary/aromatic N) is 2. The second-order valence-electron chi connectivity index (χ2n) is 5.94. The van der Waals surface area contributed by atoms with E-state index in [0.717, 1.165) is 6.42 Å². The van der Waals surface area contributed by atoms with E-state index in [1.807, 2.05) is 6.92 Å². The van der Waals surface area contributed by atoms with Crippen LogP contribution < -0.4 is 5.73 Å². The Balaban J connectivity index is 4.21. The second-order valence-corrected chi connectivity index (χ2v) is 5.94. The molecule has 0 aliphatic rings. The normalized spacial score (nSPS) is 14.9. The van der Waals surface area contributed by atoms with E-state index in [4.69, 9.17) is 11.0 Å². The molecule has 98 valence electrons. The molecule has 0 bridgehead atoms. The molecule has 0 spiro atoms. The summed E-state index contributed by atoms with van der Waals surface area (Å²) in [6, 6.07) is 1.91. The van der Waals surface area contributed by atoms with Gasteiger partial charge in [0.1, 0.15) is 0 Å². The van der Waals surface area contributed by atoms with Crippen molar-refractivity contribution in [3.05, 3.63) is 0 Å². The summed E-state index contributed by atoms with van der Waals surface area (Å²) in [5.74, 6) is 0.0181. The SMILES string of the molecule is CC(CC#N)N(C)C(=O)CC(N)CC(C)(C)C. The number of carbonyl (C=O) groups is 1. The Morgan fingerprint density at radius 3 is 2.41 bits per heavy atom. The molecule has 4 heteroatoms. The van der Waals surface area contributed by atoms with E-state index in [9.17, 15) is 4.79 Å². The minimum Gasteiger partial charge on any atom is -0.342 e. The molecule has 0 saturated carbocycles. The van der Waals surface area contributed by atoms with Gasteiger partial charge in [0.25, 0.3) is 0 Å². The maximum absolute atomic E-state index is 11.9. The van der Waals surface area contributed by atoms with Crippen LogP contribution in [0.5, 0.6) is 0 Å². The van der Waals surface area contributed by atoms with E-state index in [1.165, 1.54) is 0 Å². The van der Waals surface area contributed by atoms with Gasteiger partial charge in [0, 0.05) is 25.6 Å². The summed E-state index contributed by atoms with van der Waals surface area (Å²) in [5.41, 5.74) is 6.10. The van der Waals surface area contributed by atoms with Crippen LogP contribution in [0.15, 0.2) is 0 Å². The Morgan fingerprint density at radius 2 is 2.00 bits per heavy atom. The first kappa shape index (κ1) is 15.9. The average molecular weight is 239 g/mol. The van der Waals surface area contributed by atoms with Gasteiger partial charge < -0.3 is 10.6 Å². The first-order chi connectivity index (χ1) is 7.67. The van der Waals surface area contributed by atoms with Crippen LogP contribution in [0.1, 0.15) is 47.0 Å². The van der Waals surface area contributed by atoms with Crippen LogP contribution in [0.4, 0.5) is 0 Å². The third-order valence-electron chi connectivity index (χ3n) is 2.75. The number of hydrogen-bond acceptors (Lipinski definition) is 3. The fraction of sp³-hybridized carbons (Fsp3) is 0.846. The highest BCUT2D eigenvalue weighted by atomic mass is 16.2. The molecule has 0 aromatic rings. The first-order valence-corrected chi connectivity index (χ1v) is 6.05. The third kappa shape index (κ3) is 6.96. The summed E-state index contributed by atoms with van der Waals surface area (Å²) in [6.07, 6.45) is 1.53. The summed E-state index contributed by atoms with van der Waals surface area (Å²) in [7, 11) is 1.73. The monoisotopic (exact) mass is 239 g/mol. The number of amides is 1. The van der Waals surface area contributed by atoms with Gasteiger partial charge in [-0.2, -0.15) is 5.26 Å². The van der Waals surface area contributed by atoms with E-state index in [2.05, 4.69) is 26.8 Å². The van der Waals surface area contributed by atoms with Crippen LogP contribution in [0.2, 0.25) is 0 Å². The molecule has 0 aliphatic heterocycles. The number of nitrogens with two attached hydrogens (primary N) is 1. The fourth-order valence-corrected chi connectivity index (χ4v) is 1.74. The van der Waals surface area contributed by atoms with Gasteiger partial charge >= 0.3 is 0 Å². The van der Waals surface area contributed by atoms with Crippen molar-refractivity contribution in [2.75, 3.05) is 7.05 Å². The van der Waals surface area contributed by atoms with E-state index in [-0.39, 0.29) is 23.4 Å². The Labute approximate surface area is 105 Å². The zero-order valence-corrected chi connectivity index (χ0v) is 11.7. The Morgan fingerprint density at radius 1 is 1.47 bits per heavy atom. The molecule has 0 radical (unpaired) electrons. The fourth-order valence-electron chi connectivity index (χ4n) is 1.74. The van der Waals surface area contributed by atoms with Crippen molar-refractivity contribution in [3.63, 3.8) is 0 Å². The predicted molar refractivity (Wildman–Crippen MR) is 69.1 cm³/mol. The molecule has 0 saturated heterocycles. The molecule has 0 fully saturated rings. The van der Waals surface area contributed by atoms with Crippen molar-refractivity contribution in [3.8, 4) is 6.07 Å². The summed E-state index contributed by atoms with van der Waals surface area (Å²) in [5, 5.41) is 8.59. The lowest BCUT2D eigenvalue weighted by atomic mass is 9.87. The summed E-state index contributed by atoms with van der Waals surface area (Å²) < 4.78 is 0. The number of carbonyl (C=O) groups excluding carboxylic acids is 1. The smallest absolute Gasteiger partial charge is 0.224 e. The van der Waals surface area contributed by atoms with Gasteiger partial charge in [-0.1, -0.05) is 20.8 Å². The zero-order chi connectivity index (χ0) is 13.6. The molecule has 0 rings (SSSR count). The van der Waals surface area contributed by atoms with E-state index < -0.39 is 0 Å². The topological polar surface area (TPSA) is 70.1 Å². The number of hydrogen-bond donors (Lipinski definition) is 1. The van der Waals surface area contributed by atoms with Crippen molar-refractivity contribution in [2.45, 2.75) is 59.0 Å². The highest BCUT2D eigenvalue weighted by Gasteiger charge is 2.21. The predicted octanol–water partition coefficient (Wildman–Crippen LogP) is 1.90. The molecule has 4 nitrogen and oxygen atoms in total. The molecule has 2 N–H and O–H groups in total. The van der Waals surface area contributed by atoms with E-state index in [0.29, 0.717) is 12.8 Å². The second kappa shape index (κ2) is 6.61. The van der Waals surface area contributed by atoms with E-state index in [1.54, 1.807) is 11.9 Å². The maximum atomic E-state index is 11.9. The lowest BCUT2D eigenvalue weighted by molar-refractivity contribution is -0.132. The van der Waals surface area contributed by atoms with Crippen LogP contribution >= 0.6 is 0 Å². The van der Waals surface area contributed by atoms with Gasteiger partial charge in [0.15, 0.2) is 0 Å². The molecule has 0 aromatic carbocycles. The molecular weight excluding hydrogens is 214 g/mol. The van der Waals surface area contributed by atoms with Gasteiger partial charge in [-0.15, -0.1) is 0 Å². The summed E-state index contributed by atoms with van der Waals surface area (Å²) >= 11 is 0. The molecule has 0 aliphatic carbocycles. The van der Waals surface area contributed by atoms with Crippen LogP contribution in [-0.4, -0.2) is 29.9 Å². The Hall–Kier alpha value is -1.08. The number of rotatable bonds is 5. The van der Waals surface area contributed by atoms with Crippen LogP contribution in [0.3, 0.4) is 0 Å². The van der Waals surface area contributed by atoms with Crippen molar-refractivity contribution >= 4 is 5.91 Å². The average Bonchev–Trinajstić information content (AvgIpc) is 2.13. The quantitative estimate of drug-likeness (QED) is 0.796. The minimum atomic E-state index is -0.112. The lowest BCUT2D eigenvalue weighted by Crippen LogP contribution is -2.39. The Bertz CT molecular complexity index is 288. The minimum absolute atomic E-state index is 0.0181. The molecular formula is C13H25N3O. The van der Waals surface area contributed by atoms with Crippen molar-refractivity contribution in [1.29, 1.82) is 5.26 Å². The lowest BCUT2D eigenvalue weighted by Gasteiger charge is -2.27. The molecule has 0 heterocycles. The number of nitriles is 1. The summed E-state index contributed by atoms with van der Waals surface area (Å²) in [4.78, 5) is 13.5. The standard InChI is InChI=1S/C13H25N3O/c1-10(6-7-14)16(5)12(17)8-11(15)9-13(2,3)4/h10-11H,6,8-9,15H2,1-5H3. The van der Waals surface area contributed by atoms with Gasteiger partial charge in [0.05, 0.1) is 12.5 Å². The summed E-state index contributed by atoms with van der Waals surface area (Å²) in [6.45, 7) is 8.20. The highest BCUT2D eigenvalue weighted by molar-refractivity contribution is 5.76. The maximum Gasteiger partial charge on any atom is 0.224 e. The van der Waals surface area contributed by atoms with Gasteiger partial charge in [0.2, 0.25) is 5.91 Å². The molecule has 17 heavy (non-hydrogen) atoms. The molecule has 2 atom stereocenters. The van der Waals surface area contributed by atoms with Gasteiger partial charge in [-0.3, -0.25) is 4.79 Å². The van der Waals surface area contributed by atoms with Crippen molar-refractivity contribution in [1.82, 2.24) is 4.90 Å². The Kier molecular flexibility index (Phi) is 6.19. The molecule has 2 unspecified atom stereocenters. The third-order valence-corrected chi connectivity index (χ3v) is 2.75. The van der Waals surface area contributed by atoms with Crippen LogP contribution in [-0.2, 0) is 4.79 Å². The van der Waals surface area contributed by atoms with Crippen LogP contribution in [0.25, 0.3) is 0 Å². The molecule has 1 amide bonds. The van der Waals surface area contributed by atoms with Gasteiger partial charge in [-0.05, 0) is 18.8 Å². The first-order valence-electron chi connectivity index (χ1n) is 6.05. The van der Waals surface area contributed by atoms with Crippen molar-refractivity contribution in [2.24, 2.45) is 11.1 Å². The largest absolute Gasteiger partial charge is 0.342 e. The van der Waals surface area contributed by atoms with Crippen molar-refractivity contribution < 1.29 is 4.79 Å². The van der Waals surface area contributed by atoms with E-state index >= 15 is 0 Å².